The fourth-order valence-electron chi connectivity index (χ4n) is 2.98. The van der Waals surface area contributed by atoms with Crippen molar-refractivity contribution in [2.75, 3.05) is 7.11 Å². The van der Waals surface area contributed by atoms with Crippen LogP contribution in [0.5, 0.6) is 5.75 Å². The first kappa shape index (κ1) is 20.6. The predicted octanol–water partition coefficient (Wildman–Crippen LogP) is 3.69. The van der Waals surface area contributed by atoms with Crippen molar-refractivity contribution in [2.45, 2.75) is 19.5 Å². The molecular formula is C19H17F4N3O3. The Bertz CT molecular complexity index is 1050. The third-order valence-electron chi connectivity index (χ3n) is 4.23. The number of hydrogen-bond donors (Lipinski definition) is 1. The first-order valence-electron chi connectivity index (χ1n) is 8.44. The van der Waals surface area contributed by atoms with E-state index in [1.54, 1.807) is 18.0 Å². The van der Waals surface area contributed by atoms with Gasteiger partial charge in [-0.05, 0) is 29.8 Å². The van der Waals surface area contributed by atoms with Crippen LogP contribution in [0.15, 0.2) is 36.7 Å². The topological polar surface area (TPSA) is 65.4 Å². The van der Waals surface area contributed by atoms with Crippen LogP contribution in [-0.2, 0) is 24.9 Å². The van der Waals surface area contributed by atoms with Crippen molar-refractivity contribution in [1.29, 1.82) is 0 Å². The van der Waals surface area contributed by atoms with E-state index < -0.39 is 23.8 Å². The van der Waals surface area contributed by atoms with Crippen molar-refractivity contribution in [3.63, 3.8) is 0 Å². The lowest BCUT2D eigenvalue weighted by Gasteiger charge is -2.14. The van der Waals surface area contributed by atoms with Crippen LogP contribution < -0.4 is 10.1 Å². The molecule has 154 valence electrons. The number of ether oxygens (including phenoxy) is 2. The third kappa shape index (κ3) is 4.65. The van der Waals surface area contributed by atoms with Gasteiger partial charge in [0.25, 0.3) is 5.91 Å². The average molecular weight is 411 g/mol. The molecule has 2 aromatic carbocycles. The summed E-state index contributed by atoms with van der Waals surface area (Å²) in [4.78, 5) is 16.7. The molecule has 0 fully saturated rings. The van der Waals surface area contributed by atoms with Gasteiger partial charge in [0.1, 0.15) is 0 Å². The number of carbonyl (C=O) groups is 1. The van der Waals surface area contributed by atoms with E-state index in [0.717, 1.165) is 34.3 Å². The number of nitrogens with zero attached hydrogens (tertiary/aromatic N) is 2. The lowest BCUT2D eigenvalue weighted by Crippen LogP contribution is -2.24. The molecular weight excluding hydrogens is 394 g/mol. The van der Waals surface area contributed by atoms with Crippen LogP contribution in [0.2, 0.25) is 0 Å². The van der Waals surface area contributed by atoms with Gasteiger partial charge >= 0.3 is 6.36 Å². The zero-order valence-electron chi connectivity index (χ0n) is 15.5. The van der Waals surface area contributed by atoms with E-state index in [0.29, 0.717) is 12.7 Å². The van der Waals surface area contributed by atoms with Crippen molar-refractivity contribution < 1.29 is 31.8 Å². The van der Waals surface area contributed by atoms with Crippen molar-refractivity contribution in [1.82, 2.24) is 14.9 Å². The number of methoxy groups -OCH3 is 1. The first-order chi connectivity index (χ1) is 13.7. The predicted molar refractivity (Wildman–Crippen MR) is 95.7 cm³/mol. The second kappa shape index (κ2) is 8.08. The van der Waals surface area contributed by atoms with Gasteiger partial charge in [-0.2, -0.15) is 0 Å². The van der Waals surface area contributed by atoms with Gasteiger partial charge in [0.2, 0.25) is 0 Å². The van der Waals surface area contributed by atoms with Crippen molar-refractivity contribution in [3.8, 4) is 5.75 Å². The molecule has 0 bridgehead atoms. The molecule has 0 saturated heterocycles. The molecule has 29 heavy (non-hydrogen) atoms. The second-order valence-corrected chi connectivity index (χ2v) is 6.24. The smallest absolute Gasteiger partial charge is 0.403 e. The molecule has 0 atom stereocenters. The standard InChI is InChI=1S/C19H17F4N3O3/c1-26-10-25-15-5-3-12(9-28-2)13(17(15)26)8-24-18(27)11-4-6-16(14(20)7-11)29-19(21,22)23/h3-7,10H,8-9H2,1-2H3,(H,24,27). The van der Waals surface area contributed by atoms with Crippen molar-refractivity contribution in [2.24, 2.45) is 7.05 Å². The highest BCUT2D eigenvalue weighted by atomic mass is 19.4. The Morgan fingerprint density at radius 3 is 2.66 bits per heavy atom. The zero-order valence-corrected chi connectivity index (χ0v) is 15.5. The Morgan fingerprint density at radius 2 is 2.00 bits per heavy atom. The highest BCUT2D eigenvalue weighted by Crippen LogP contribution is 2.26. The molecule has 0 saturated carbocycles. The molecule has 1 N–H and O–H groups in total. The number of hydrogen-bond acceptors (Lipinski definition) is 4. The van der Waals surface area contributed by atoms with E-state index in [4.69, 9.17) is 4.74 Å². The number of fused-ring (bicyclic) bond motifs is 1. The van der Waals surface area contributed by atoms with Crippen LogP contribution in [0.3, 0.4) is 0 Å². The van der Waals surface area contributed by atoms with Crippen LogP contribution in [0.25, 0.3) is 11.0 Å². The van der Waals surface area contributed by atoms with Gasteiger partial charge in [0.15, 0.2) is 11.6 Å². The molecule has 1 heterocycles. The Morgan fingerprint density at radius 1 is 1.24 bits per heavy atom. The fraction of sp³-hybridized carbons (Fsp3) is 0.263. The number of benzene rings is 2. The number of amides is 1. The molecule has 3 aromatic rings. The molecule has 0 unspecified atom stereocenters. The van der Waals surface area contributed by atoms with E-state index in [-0.39, 0.29) is 12.1 Å². The van der Waals surface area contributed by atoms with Gasteiger partial charge in [0, 0.05) is 31.8 Å². The molecule has 0 radical (unpaired) electrons. The summed E-state index contributed by atoms with van der Waals surface area (Å²) in [6.07, 6.45) is -3.38. The number of aromatic nitrogens is 2. The number of aryl methyl sites for hydroxylation is 1. The van der Waals surface area contributed by atoms with Crippen LogP contribution in [0, 0.1) is 5.82 Å². The van der Waals surface area contributed by atoms with Crippen LogP contribution >= 0.6 is 0 Å². The van der Waals surface area contributed by atoms with Crippen LogP contribution in [0.1, 0.15) is 21.5 Å². The van der Waals surface area contributed by atoms with E-state index in [1.165, 1.54) is 0 Å². The average Bonchev–Trinajstić information content (AvgIpc) is 3.02. The largest absolute Gasteiger partial charge is 0.573 e. The summed E-state index contributed by atoms with van der Waals surface area (Å²) in [6.45, 7) is 0.404. The lowest BCUT2D eigenvalue weighted by atomic mass is 10.1. The molecule has 3 rings (SSSR count). The van der Waals surface area contributed by atoms with Gasteiger partial charge in [0.05, 0.1) is 24.0 Å². The van der Waals surface area contributed by atoms with E-state index in [2.05, 4.69) is 15.0 Å². The molecule has 0 aliphatic heterocycles. The Kier molecular flexibility index (Phi) is 5.73. The molecule has 10 heteroatoms. The summed E-state index contributed by atoms with van der Waals surface area (Å²) in [5.41, 5.74) is 3.01. The van der Waals surface area contributed by atoms with Crippen LogP contribution in [0.4, 0.5) is 17.6 Å². The van der Waals surface area contributed by atoms with E-state index in [9.17, 15) is 22.4 Å². The van der Waals surface area contributed by atoms with Gasteiger partial charge in [-0.1, -0.05) is 6.07 Å². The van der Waals surface area contributed by atoms with Crippen molar-refractivity contribution in [3.05, 3.63) is 59.2 Å². The number of carbonyl (C=O) groups excluding carboxylic acids is 1. The second-order valence-electron chi connectivity index (χ2n) is 6.24. The summed E-state index contributed by atoms with van der Waals surface area (Å²) in [6, 6.07) is 6.18. The zero-order chi connectivity index (χ0) is 21.2. The summed E-state index contributed by atoms with van der Waals surface area (Å²) < 4.78 is 61.1. The number of rotatable bonds is 6. The van der Waals surface area contributed by atoms with Gasteiger partial charge in [-0.25, -0.2) is 9.37 Å². The van der Waals surface area contributed by atoms with E-state index >= 15 is 0 Å². The first-order valence-corrected chi connectivity index (χ1v) is 8.44. The van der Waals surface area contributed by atoms with Gasteiger partial charge in [-0.3, -0.25) is 4.79 Å². The lowest BCUT2D eigenvalue weighted by molar-refractivity contribution is -0.275. The summed E-state index contributed by atoms with van der Waals surface area (Å²) in [5, 5.41) is 2.65. The highest BCUT2D eigenvalue weighted by molar-refractivity contribution is 5.94. The van der Waals surface area contributed by atoms with E-state index in [1.807, 2.05) is 19.2 Å². The Balaban J connectivity index is 1.81. The molecule has 1 amide bonds. The quantitative estimate of drug-likeness (QED) is 0.629. The normalized spacial score (nSPS) is 11.7. The number of imidazole rings is 1. The SMILES string of the molecule is COCc1ccc2ncn(C)c2c1CNC(=O)c1ccc(OC(F)(F)F)c(F)c1. The van der Waals surface area contributed by atoms with Gasteiger partial charge in [-0.15, -0.1) is 13.2 Å². The maximum absolute atomic E-state index is 13.9. The fourth-order valence-corrected chi connectivity index (χ4v) is 2.98. The Hall–Kier alpha value is -3.14. The summed E-state index contributed by atoms with van der Waals surface area (Å²) in [5.74, 6) is -2.94. The number of halogens is 4. The minimum absolute atomic E-state index is 0.0941. The monoisotopic (exact) mass is 411 g/mol. The molecule has 1 aromatic heterocycles. The maximum atomic E-state index is 13.9. The minimum atomic E-state index is -5.02. The van der Waals surface area contributed by atoms with Crippen LogP contribution in [-0.4, -0.2) is 28.9 Å². The number of nitrogens with one attached hydrogen (secondary N) is 1. The van der Waals surface area contributed by atoms with Gasteiger partial charge < -0.3 is 19.4 Å². The summed E-state index contributed by atoms with van der Waals surface area (Å²) in [7, 11) is 3.36. The summed E-state index contributed by atoms with van der Waals surface area (Å²) >= 11 is 0. The minimum Gasteiger partial charge on any atom is -0.403 e. The highest BCUT2D eigenvalue weighted by Gasteiger charge is 2.32. The van der Waals surface area contributed by atoms with Crippen molar-refractivity contribution >= 4 is 16.9 Å². The third-order valence-corrected chi connectivity index (χ3v) is 4.23. The Labute approximate surface area is 163 Å². The molecule has 0 aliphatic carbocycles. The molecule has 0 spiro atoms. The number of alkyl halides is 3. The molecule has 0 aliphatic rings. The maximum Gasteiger partial charge on any atom is 0.573 e. The molecule has 6 nitrogen and oxygen atoms in total.